The van der Waals surface area contributed by atoms with E-state index in [4.69, 9.17) is 11.6 Å². The summed E-state index contributed by atoms with van der Waals surface area (Å²) >= 11 is 5.81. The van der Waals surface area contributed by atoms with Crippen molar-refractivity contribution in [3.63, 3.8) is 0 Å². The van der Waals surface area contributed by atoms with Gasteiger partial charge in [-0.15, -0.1) is 11.6 Å². The van der Waals surface area contributed by atoms with E-state index in [0.29, 0.717) is 17.3 Å². The van der Waals surface area contributed by atoms with Crippen molar-refractivity contribution in [1.29, 1.82) is 0 Å². The molecule has 1 atom stereocenters. The van der Waals surface area contributed by atoms with E-state index in [1.165, 1.54) is 0 Å². The molecule has 1 aromatic heterocycles. The van der Waals surface area contributed by atoms with E-state index in [-0.39, 0.29) is 6.04 Å². The van der Waals surface area contributed by atoms with Crippen LogP contribution in [0.3, 0.4) is 0 Å². The molecule has 1 aliphatic rings. The maximum Gasteiger partial charge on any atom is 0.244 e. The molecule has 1 saturated heterocycles. The SMILES string of the molecule is CC1CCCCCN1S(=O)(=O)c1cc(CCl)n(C)c1. The van der Waals surface area contributed by atoms with Gasteiger partial charge in [0.25, 0.3) is 0 Å². The Hall–Kier alpha value is -0.520. The van der Waals surface area contributed by atoms with Crippen LogP contribution in [0.15, 0.2) is 17.2 Å². The first-order valence-electron chi connectivity index (χ1n) is 6.70. The van der Waals surface area contributed by atoms with Gasteiger partial charge in [-0.25, -0.2) is 8.42 Å². The van der Waals surface area contributed by atoms with Crippen LogP contribution >= 0.6 is 11.6 Å². The standard InChI is InChI=1S/C13H21ClN2O2S/c1-11-6-4-3-5-7-16(11)19(17,18)13-8-12(9-14)15(2)10-13/h8,10-11H,3-7,9H2,1-2H3. The van der Waals surface area contributed by atoms with E-state index in [1.807, 2.05) is 14.0 Å². The number of aryl methyl sites for hydroxylation is 1. The Kier molecular flexibility index (Phi) is 4.58. The van der Waals surface area contributed by atoms with Crippen molar-refractivity contribution in [2.45, 2.75) is 49.4 Å². The third-order valence-electron chi connectivity index (χ3n) is 3.82. The summed E-state index contributed by atoms with van der Waals surface area (Å²) in [6, 6.07) is 1.76. The van der Waals surface area contributed by atoms with Gasteiger partial charge >= 0.3 is 0 Å². The van der Waals surface area contributed by atoms with Crippen molar-refractivity contribution in [3.05, 3.63) is 18.0 Å². The molecular formula is C13H21ClN2O2S. The lowest BCUT2D eigenvalue weighted by atomic mass is 10.1. The third-order valence-corrected chi connectivity index (χ3v) is 6.07. The van der Waals surface area contributed by atoms with Crippen molar-refractivity contribution >= 4 is 21.6 Å². The predicted molar refractivity (Wildman–Crippen MR) is 76.8 cm³/mol. The van der Waals surface area contributed by atoms with Gasteiger partial charge in [-0.1, -0.05) is 12.8 Å². The Bertz CT molecular complexity index is 539. The van der Waals surface area contributed by atoms with E-state index in [1.54, 1.807) is 21.1 Å². The zero-order chi connectivity index (χ0) is 14.0. The molecule has 1 fully saturated rings. The van der Waals surface area contributed by atoms with Crippen LogP contribution < -0.4 is 0 Å². The molecule has 1 aromatic rings. The molecule has 0 amide bonds. The fraction of sp³-hybridized carbons (Fsp3) is 0.692. The van der Waals surface area contributed by atoms with E-state index in [0.717, 1.165) is 31.4 Å². The van der Waals surface area contributed by atoms with Gasteiger partial charge in [0.2, 0.25) is 10.0 Å². The van der Waals surface area contributed by atoms with Crippen LogP contribution in [0.25, 0.3) is 0 Å². The highest BCUT2D eigenvalue weighted by Crippen LogP contribution is 2.25. The number of alkyl halides is 1. The molecule has 6 heteroatoms. The Labute approximate surface area is 120 Å². The summed E-state index contributed by atoms with van der Waals surface area (Å²) in [7, 11) is -1.57. The summed E-state index contributed by atoms with van der Waals surface area (Å²) < 4.78 is 28.8. The molecule has 0 saturated carbocycles. The van der Waals surface area contributed by atoms with Crippen LogP contribution in [0.2, 0.25) is 0 Å². The van der Waals surface area contributed by atoms with Crippen molar-refractivity contribution in [2.24, 2.45) is 7.05 Å². The molecule has 1 aliphatic heterocycles. The number of hydrogen-bond donors (Lipinski definition) is 0. The van der Waals surface area contributed by atoms with Gasteiger partial charge in [-0.3, -0.25) is 0 Å². The molecule has 2 rings (SSSR count). The topological polar surface area (TPSA) is 42.3 Å². The molecule has 0 radical (unpaired) electrons. The Morgan fingerprint density at radius 2 is 2.11 bits per heavy atom. The van der Waals surface area contributed by atoms with Crippen molar-refractivity contribution < 1.29 is 8.42 Å². The number of rotatable bonds is 3. The van der Waals surface area contributed by atoms with E-state index < -0.39 is 10.0 Å². The minimum atomic E-state index is -3.39. The first kappa shape index (κ1) is 14.9. The zero-order valence-corrected chi connectivity index (χ0v) is 13.0. The fourth-order valence-electron chi connectivity index (χ4n) is 2.59. The quantitative estimate of drug-likeness (QED) is 0.806. The van der Waals surface area contributed by atoms with Crippen LogP contribution in [-0.4, -0.2) is 29.9 Å². The molecule has 0 bridgehead atoms. The molecule has 0 aromatic carbocycles. The lowest BCUT2D eigenvalue weighted by Crippen LogP contribution is -2.38. The summed E-state index contributed by atoms with van der Waals surface area (Å²) in [5.41, 5.74) is 0.822. The highest BCUT2D eigenvalue weighted by atomic mass is 35.5. The summed E-state index contributed by atoms with van der Waals surface area (Å²) in [6.45, 7) is 2.61. The summed E-state index contributed by atoms with van der Waals surface area (Å²) in [5.74, 6) is 0.321. The largest absolute Gasteiger partial charge is 0.352 e. The first-order valence-corrected chi connectivity index (χ1v) is 8.67. The van der Waals surface area contributed by atoms with Gasteiger partial charge in [0.1, 0.15) is 4.90 Å². The number of nitrogens with zero attached hydrogens (tertiary/aromatic N) is 2. The average Bonchev–Trinajstić information content (AvgIpc) is 2.60. The van der Waals surface area contributed by atoms with Crippen molar-refractivity contribution in [3.8, 4) is 0 Å². The molecule has 2 heterocycles. The zero-order valence-electron chi connectivity index (χ0n) is 11.5. The summed E-state index contributed by atoms with van der Waals surface area (Å²) in [4.78, 5) is 0.361. The normalized spacial score (nSPS) is 22.4. The van der Waals surface area contributed by atoms with Crippen LogP contribution in [0, 0.1) is 0 Å². The Morgan fingerprint density at radius 3 is 2.74 bits per heavy atom. The second-order valence-corrected chi connectivity index (χ2v) is 7.38. The second kappa shape index (κ2) is 5.85. The highest BCUT2D eigenvalue weighted by Gasteiger charge is 2.30. The number of halogens is 1. The monoisotopic (exact) mass is 304 g/mol. The average molecular weight is 305 g/mol. The minimum absolute atomic E-state index is 0.0761. The lowest BCUT2D eigenvalue weighted by molar-refractivity contribution is 0.342. The fourth-order valence-corrected chi connectivity index (χ4v) is 4.65. The van der Waals surface area contributed by atoms with Crippen molar-refractivity contribution in [1.82, 2.24) is 8.87 Å². The smallest absolute Gasteiger partial charge is 0.244 e. The van der Waals surface area contributed by atoms with Crippen LogP contribution in [0.4, 0.5) is 0 Å². The number of aromatic nitrogens is 1. The maximum absolute atomic E-state index is 12.7. The van der Waals surface area contributed by atoms with Gasteiger partial charge in [0.15, 0.2) is 0 Å². The third kappa shape index (κ3) is 2.98. The van der Waals surface area contributed by atoms with E-state index in [9.17, 15) is 8.42 Å². The maximum atomic E-state index is 12.7. The predicted octanol–water partition coefficient (Wildman–Crippen LogP) is 2.72. The molecule has 0 N–H and O–H groups in total. The van der Waals surface area contributed by atoms with Gasteiger partial charge in [-0.05, 0) is 25.8 Å². The lowest BCUT2D eigenvalue weighted by Gasteiger charge is -2.25. The number of sulfonamides is 1. The molecule has 1 unspecified atom stereocenters. The molecule has 4 nitrogen and oxygen atoms in total. The summed E-state index contributed by atoms with van der Waals surface area (Å²) in [5, 5.41) is 0. The summed E-state index contributed by atoms with van der Waals surface area (Å²) in [6.07, 6.45) is 5.75. The molecule has 0 spiro atoms. The first-order chi connectivity index (χ1) is 8.96. The molecule has 108 valence electrons. The van der Waals surface area contributed by atoms with Crippen LogP contribution in [0.1, 0.15) is 38.3 Å². The molecule has 0 aliphatic carbocycles. The second-order valence-electron chi connectivity index (χ2n) is 5.23. The molecule has 19 heavy (non-hydrogen) atoms. The molecular weight excluding hydrogens is 284 g/mol. The van der Waals surface area contributed by atoms with Gasteiger partial charge in [0.05, 0.1) is 5.88 Å². The van der Waals surface area contributed by atoms with Gasteiger partial charge < -0.3 is 4.57 Å². The number of hydrogen-bond acceptors (Lipinski definition) is 2. The van der Waals surface area contributed by atoms with Crippen LogP contribution in [-0.2, 0) is 23.0 Å². The van der Waals surface area contributed by atoms with Crippen LogP contribution in [0.5, 0.6) is 0 Å². The van der Waals surface area contributed by atoms with Gasteiger partial charge in [-0.2, -0.15) is 4.31 Å². The van der Waals surface area contributed by atoms with Crippen molar-refractivity contribution in [2.75, 3.05) is 6.54 Å². The Balaban J connectivity index is 2.34. The Morgan fingerprint density at radius 1 is 1.37 bits per heavy atom. The van der Waals surface area contributed by atoms with E-state index >= 15 is 0 Å². The highest BCUT2D eigenvalue weighted by molar-refractivity contribution is 7.89. The van der Waals surface area contributed by atoms with E-state index in [2.05, 4.69) is 0 Å². The minimum Gasteiger partial charge on any atom is -0.352 e. The van der Waals surface area contributed by atoms with Gasteiger partial charge in [0, 0.05) is 31.5 Å².